The Labute approximate surface area is 106 Å². The highest BCUT2D eigenvalue weighted by Gasteiger charge is 2.12. The monoisotopic (exact) mass is 240 g/mol. The van der Waals surface area contributed by atoms with Crippen molar-refractivity contribution in [3.05, 3.63) is 35.9 Å². The zero-order chi connectivity index (χ0) is 12.4. The molecule has 3 nitrogen and oxygen atoms in total. The van der Waals surface area contributed by atoms with Gasteiger partial charge in [0.05, 0.1) is 5.52 Å². The van der Waals surface area contributed by atoms with E-state index in [1.165, 1.54) is 19.3 Å². The third-order valence-corrected chi connectivity index (χ3v) is 3.51. The number of aromatic nitrogens is 1. The molecule has 0 spiro atoms. The van der Waals surface area contributed by atoms with Crippen LogP contribution in [0.25, 0.3) is 10.9 Å². The number of nitrogens with zero attached hydrogens (tertiary/aromatic N) is 2. The van der Waals surface area contributed by atoms with Gasteiger partial charge in [0.2, 0.25) is 0 Å². The van der Waals surface area contributed by atoms with Gasteiger partial charge in [0.1, 0.15) is 12.1 Å². The van der Waals surface area contributed by atoms with Crippen molar-refractivity contribution in [1.82, 2.24) is 4.98 Å². The lowest BCUT2D eigenvalue weighted by Gasteiger charge is -2.27. The number of rotatable bonds is 2. The summed E-state index contributed by atoms with van der Waals surface area (Å²) < 4.78 is 0. The molecule has 0 unspecified atom stereocenters. The molecule has 1 saturated heterocycles. The van der Waals surface area contributed by atoms with Gasteiger partial charge in [-0.25, -0.2) is 4.98 Å². The van der Waals surface area contributed by atoms with E-state index in [1.807, 2.05) is 18.2 Å². The second-order valence-electron chi connectivity index (χ2n) is 4.79. The summed E-state index contributed by atoms with van der Waals surface area (Å²) >= 11 is 0. The van der Waals surface area contributed by atoms with Crippen molar-refractivity contribution in [1.29, 1.82) is 0 Å². The Morgan fingerprint density at radius 2 is 1.89 bits per heavy atom. The zero-order valence-electron chi connectivity index (χ0n) is 10.3. The van der Waals surface area contributed by atoms with Crippen LogP contribution in [0.5, 0.6) is 0 Å². The number of hydrogen-bond donors (Lipinski definition) is 0. The topological polar surface area (TPSA) is 33.2 Å². The highest BCUT2D eigenvalue weighted by Crippen LogP contribution is 2.21. The highest BCUT2D eigenvalue weighted by molar-refractivity contribution is 5.87. The Hall–Kier alpha value is -1.90. The van der Waals surface area contributed by atoms with E-state index in [-0.39, 0.29) is 0 Å². The minimum atomic E-state index is 0.704. The SMILES string of the molecule is O=Cc1ccc2nc(N3CCCCC3)ccc2c1. The second kappa shape index (κ2) is 4.77. The number of benzene rings is 1. The Morgan fingerprint density at radius 1 is 1.06 bits per heavy atom. The fourth-order valence-corrected chi connectivity index (χ4v) is 2.51. The van der Waals surface area contributed by atoms with Gasteiger partial charge in [0.25, 0.3) is 0 Å². The van der Waals surface area contributed by atoms with Gasteiger partial charge >= 0.3 is 0 Å². The Morgan fingerprint density at radius 3 is 2.67 bits per heavy atom. The molecule has 2 heterocycles. The van der Waals surface area contributed by atoms with E-state index in [0.717, 1.165) is 36.1 Å². The number of fused-ring (bicyclic) bond motifs is 1. The number of carbonyl (C=O) groups is 1. The minimum Gasteiger partial charge on any atom is -0.357 e. The molecular weight excluding hydrogens is 224 g/mol. The van der Waals surface area contributed by atoms with E-state index in [0.29, 0.717) is 5.56 Å². The van der Waals surface area contributed by atoms with Crippen LogP contribution >= 0.6 is 0 Å². The third kappa shape index (κ3) is 2.08. The van der Waals surface area contributed by atoms with E-state index < -0.39 is 0 Å². The largest absolute Gasteiger partial charge is 0.357 e. The van der Waals surface area contributed by atoms with Crippen molar-refractivity contribution in [3.63, 3.8) is 0 Å². The molecule has 0 amide bonds. The van der Waals surface area contributed by atoms with Crippen LogP contribution in [0.15, 0.2) is 30.3 Å². The minimum absolute atomic E-state index is 0.704. The van der Waals surface area contributed by atoms with Crippen molar-refractivity contribution in [2.24, 2.45) is 0 Å². The summed E-state index contributed by atoms with van der Waals surface area (Å²) in [6.07, 6.45) is 4.71. The maximum absolute atomic E-state index is 10.7. The first-order chi connectivity index (χ1) is 8.86. The number of pyridine rings is 1. The maximum Gasteiger partial charge on any atom is 0.150 e. The average molecular weight is 240 g/mol. The molecule has 0 aliphatic carbocycles. The molecule has 18 heavy (non-hydrogen) atoms. The molecular formula is C15H16N2O. The van der Waals surface area contributed by atoms with Crippen molar-refractivity contribution in [3.8, 4) is 0 Å². The van der Waals surface area contributed by atoms with Crippen LogP contribution in [0, 0.1) is 0 Å². The van der Waals surface area contributed by atoms with Gasteiger partial charge in [0.15, 0.2) is 0 Å². The first-order valence-corrected chi connectivity index (χ1v) is 6.48. The normalized spacial score (nSPS) is 15.9. The number of anilines is 1. The van der Waals surface area contributed by atoms with Crippen LogP contribution < -0.4 is 4.90 Å². The molecule has 0 bridgehead atoms. The van der Waals surface area contributed by atoms with E-state index in [4.69, 9.17) is 0 Å². The molecule has 0 saturated carbocycles. The summed E-state index contributed by atoms with van der Waals surface area (Å²) in [6, 6.07) is 9.74. The Balaban J connectivity index is 1.97. The number of piperidine rings is 1. The van der Waals surface area contributed by atoms with Gasteiger partial charge in [-0.3, -0.25) is 4.79 Å². The smallest absolute Gasteiger partial charge is 0.150 e. The molecule has 1 aliphatic heterocycles. The lowest BCUT2D eigenvalue weighted by molar-refractivity contribution is 0.112. The Bertz CT molecular complexity index is 574. The molecule has 0 atom stereocenters. The van der Waals surface area contributed by atoms with Crippen LogP contribution in [0.4, 0.5) is 5.82 Å². The quantitative estimate of drug-likeness (QED) is 0.756. The predicted octanol–water partition coefficient (Wildman–Crippen LogP) is 3.04. The van der Waals surface area contributed by atoms with Gasteiger partial charge in [-0.2, -0.15) is 0 Å². The van der Waals surface area contributed by atoms with Gasteiger partial charge in [0, 0.05) is 24.0 Å². The number of aldehydes is 1. The van der Waals surface area contributed by atoms with Crippen LogP contribution in [-0.4, -0.2) is 24.4 Å². The molecule has 92 valence electrons. The van der Waals surface area contributed by atoms with E-state index in [1.54, 1.807) is 0 Å². The van der Waals surface area contributed by atoms with Crippen LogP contribution in [0.1, 0.15) is 29.6 Å². The summed E-state index contributed by atoms with van der Waals surface area (Å²) in [5.41, 5.74) is 1.67. The first-order valence-electron chi connectivity index (χ1n) is 6.48. The van der Waals surface area contributed by atoms with Gasteiger partial charge in [-0.1, -0.05) is 0 Å². The zero-order valence-corrected chi connectivity index (χ0v) is 10.3. The summed E-state index contributed by atoms with van der Waals surface area (Å²) in [5, 5.41) is 1.03. The maximum atomic E-state index is 10.7. The van der Waals surface area contributed by atoms with E-state index >= 15 is 0 Å². The van der Waals surface area contributed by atoms with Crippen LogP contribution in [0.2, 0.25) is 0 Å². The third-order valence-electron chi connectivity index (χ3n) is 3.51. The summed E-state index contributed by atoms with van der Waals surface area (Å²) in [5.74, 6) is 1.06. The number of carbonyl (C=O) groups excluding carboxylic acids is 1. The summed E-state index contributed by atoms with van der Waals surface area (Å²) in [4.78, 5) is 17.8. The molecule has 1 aromatic heterocycles. The van der Waals surface area contributed by atoms with Crippen molar-refractivity contribution in [2.45, 2.75) is 19.3 Å². The van der Waals surface area contributed by atoms with Crippen molar-refractivity contribution >= 4 is 23.0 Å². The lowest BCUT2D eigenvalue weighted by Crippen LogP contribution is -2.30. The second-order valence-corrected chi connectivity index (χ2v) is 4.79. The van der Waals surface area contributed by atoms with Gasteiger partial charge in [-0.15, -0.1) is 0 Å². The summed E-state index contributed by atoms with van der Waals surface area (Å²) in [6.45, 7) is 2.20. The number of hydrogen-bond acceptors (Lipinski definition) is 3. The fraction of sp³-hybridized carbons (Fsp3) is 0.333. The standard InChI is InChI=1S/C15H16N2O/c18-11-12-4-6-14-13(10-12)5-7-15(16-14)17-8-2-1-3-9-17/h4-7,10-11H,1-3,8-9H2. The summed E-state index contributed by atoms with van der Waals surface area (Å²) in [7, 11) is 0. The highest BCUT2D eigenvalue weighted by atomic mass is 16.1. The Kier molecular flexibility index (Phi) is 2.97. The van der Waals surface area contributed by atoms with Gasteiger partial charge in [-0.05, 0) is 49.6 Å². The van der Waals surface area contributed by atoms with Crippen LogP contribution in [-0.2, 0) is 0 Å². The molecule has 0 radical (unpaired) electrons. The molecule has 0 N–H and O–H groups in total. The molecule has 1 aliphatic rings. The molecule has 3 rings (SSSR count). The average Bonchev–Trinajstić information content (AvgIpc) is 2.47. The molecule has 1 aromatic carbocycles. The van der Waals surface area contributed by atoms with E-state index in [9.17, 15) is 4.79 Å². The lowest BCUT2D eigenvalue weighted by atomic mass is 10.1. The molecule has 2 aromatic rings. The van der Waals surface area contributed by atoms with Crippen molar-refractivity contribution in [2.75, 3.05) is 18.0 Å². The van der Waals surface area contributed by atoms with Crippen LogP contribution in [0.3, 0.4) is 0 Å². The van der Waals surface area contributed by atoms with Gasteiger partial charge < -0.3 is 4.90 Å². The van der Waals surface area contributed by atoms with E-state index in [2.05, 4.69) is 22.0 Å². The predicted molar refractivity (Wildman–Crippen MR) is 73.2 cm³/mol. The first kappa shape index (κ1) is 11.2. The van der Waals surface area contributed by atoms with Crippen molar-refractivity contribution < 1.29 is 4.79 Å². The molecule has 1 fully saturated rings. The fourth-order valence-electron chi connectivity index (χ4n) is 2.51. The molecule has 3 heteroatoms.